The number of nitrogen functional groups attached to an aromatic ring is 1. The van der Waals surface area contributed by atoms with Crippen LogP contribution < -0.4 is 16.0 Å². The molecule has 1 saturated heterocycles. The topological polar surface area (TPSA) is 67.6 Å². The van der Waals surface area contributed by atoms with Crippen LogP contribution in [0.4, 0.5) is 11.4 Å². The molecule has 0 spiro atoms. The van der Waals surface area contributed by atoms with Crippen LogP contribution in [0.3, 0.4) is 0 Å². The highest BCUT2D eigenvalue weighted by Crippen LogP contribution is 2.27. The summed E-state index contributed by atoms with van der Waals surface area (Å²) in [5.74, 6) is -0.104. The summed E-state index contributed by atoms with van der Waals surface area (Å²) in [6.07, 6.45) is 0.986. The van der Waals surface area contributed by atoms with E-state index >= 15 is 0 Å². The lowest BCUT2D eigenvalue weighted by molar-refractivity contribution is 0.0963. The van der Waals surface area contributed by atoms with Gasteiger partial charge in [-0.3, -0.25) is 4.79 Å². The Labute approximate surface area is 107 Å². The monoisotopic (exact) mass is 249 g/mol. The molecule has 3 N–H and O–H groups in total. The molecular formula is C13H19N3O2. The van der Waals surface area contributed by atoms with Crippen LogP contribution in [-0.2, 0) is 4.74 Å². The molecule has 1 heterocycles. The van der Waals surface area contributed by atoms with E-state index in [0.717, 1.165) is 18.7 Å². The van der Waals surface area contributed by atoms with E-state index in [0.29, 0.717) is 23.9 Å². The molecule has 2 rings (SSSR count). The van der Waals surface area contributed by atoms with Crippen molar-refractivity contribution >= 4 is 17.3 Å². The van der Waals surface area contributed by atoms with E-state index < -0.39 is 0 Å². The molecule has 1 atom stereocenters. The Kier molecular flexibility index (Phi) is 3.72. The van der Waals surface area contributed by atoms with Gasteiger partial charge in [-0.25, -0.2) is 0 Å². The number of benzene rings is 1. The number of hydrogen-bond donors (Lipinski definition) is 2. The Morgan fingerprint density at radius 1 is 1.56 bits per heavy atom. The Morgan fingerprint density at radius 2 is 2.33 bits per heavy atom. The SMILES string of the molecule is CNC(=O)c1ccc(N)c(N(C)C2CCOC2)c1. The van der Waals surface area contributed by atoms with Gasteiger partial charge in [-0.2, -0.15) is 0 Å². The Balaban J connectivity index is 2.27. The lowest BCUT2D eigenvalue weighted by atomic mass is 10.1. The van der Waals surface area contributed by atoms with Crippen LogP contribution in [0.1, 0.15) is 16.8 Å². The van der Waals surface area contributed by atoms with E-state index in [1.54, 1.807) is 19.2 Å². The highest BCUT2D eigenvalue weighted by atomic mass is 16.5. The van der Waals surface area contributed by atoms with E-state index in [1.807, 2.05) is 13.1 Å². The van der Waals surface area contributed by atoms with Gasteiger partial charge >= 0.3 is 0 Å². The van der Waals surface area contributed by atoms with Crippen molar-refractivity contribution in [3.8, 4) is 0 Å². The summed E-state index contributed by atoms with van der Waals surface area (Å²) in [6.45, 7) is 1.49. The minimum Gasteiger partial charge on any atom is -0.397 e. The molecular weight excluding hydrogens is 230 g/mol. The van der Waals surface area contributed by atoms with Crippen LogP contribution in [0.15, 0.2) is 18.2 Å². The molecule has 0 saturated carbocycles. The predicted molar refractivity (Wildman–Crippen MR) is 71.9 cm³/mol. The molecule has 1 amide bonds. The Morgan fingerprint density at radius 3 is 2.94 bits per heavy atom. The number of nitrogens with two attached hydrogens (primary N) is 1. The summed E-state index contributed by atoms with van der Waals surface area (Å²) < 4.78 is 5.38. The fraction of sp³-hybridized carbons (Fsp3) is 0.462. The van der Waals surface area contributed by atoms with Crippen LogP contribution in [0.25, 0.3) is 0 Å². The zero-order valence-corrected chi connectivity index (χ0v) is 10.8. The minimum absolute atomic E-state index is 0.104. The maximum atomic E-state index is 11.6. The lowest BCUT2D eigenvalue weighted by Crippen LogP contribution is -2.32. The van der Waals surface area contributed by atoms with Crippen molar-refractivity contribution in [2.75, 3.05) is 37.9 Å². The third-order valence-electron chi connectivity index (χ3n) is 3.35. The number of hydrogen-bond acceptors (Lipinski definition) is 4. The molecule has 1 aromatic carbocycles. The zero-order valence-electron chi connectivity index (χ0n) is 10.8. The van der Waals surface area contributed by atoms with Gasteiger partial charge in [0, 0.05) is 26.3 Å². The summed E-state index contributed by atoms with van der Waals surface area (Å²) >= 11 is 0. The second kappa shape index (κ2) is 5.27. The van der Waals surface area contributed by atoms with E-state index in [9.17, 15) is 4.79 Å². The van der Waals surface area contributed by atoms with Gasteiger partial charge in [-0.15, -0.1) is 0 Å². The first kappa shape index (κ1) is 12.7. The van der Waals surface area contributed by atoms with Crippen LogP contribution in [0.2, 0.25) is 0 Å². The molecule has 0 aliphatic carbocycles. The summed E-state index contributed by atoms with van der Waals surface area (Å²) in [5.41, 5.74) is 8.16. The molecule has 1 aromatic rings. The molecule has 1 fully saturated rings. The molecule has 1 unspecified atom stereocenters. The van der Waals surface area contributed by atoms with Gasteiger partial charge in [0.15, 0.2) is 0 Å². The van der Waals surface area contributed by atoms with Crippen molar-refractivity contribution in [2.24, 2.45) is 0 Å². The van der Waals surface area contributed by atoms with Crippen molar-refractivity contribution in [3.63, 3.8) is 0 Å². The standard InChI is InChI=1S/C13H19N3O2/c1-15-13(17)9-3-4-11(14)12(7-9)16(2)10-5-6-18-8-10/h3-4,7,10H,5-6,8,14H2,1-2H3,(H,15,17). The van der Waals surface area contributed by atoms with Crippen LogP contribution in [0, 0.1) is 0 Å². The van der Waals surface area contributed by atoms with Crippen molar-refractivity contribution in [1.82, 2.24) is 5.32 Å². The number of nitrogens with zero attached hydrogens (tertiary/aromatic N) is 1. The molecule has 1 aliphatic rings. The van der Waals surface area contributed by atoms with Crippen LogP contribution in [-0.4, -0.2) is 39.3 Å². The number of rotatable bonds is 3. The van der Waals surface area contributed by atoms with E-state index in [1.165, 1.54) is 0 Å². The first-order valence-corrected chi connectivity index (χ1v) is 6.05. The average molecular weight is 249 g/mol. The van der Waals surface area contributed by atoms with E-state index in [4.69, 9.17) is 10.5 Å². The molecule has 18 heavy (non-hydrogen) atoms. The number of likely N-dealkylation sites (N-methyl/N-ethyl adjacent to an activating group) is 1. The molecule has 0 radical (unpaired) electrons. The molecule has 5 heteroatoms. The number of amides is 1. The van der Waals surface area contributed by atoms with Crippen molar-refractivity contribution < 1.29 is 9.53 Å². The van der Waals surface area contributed by atoms with Crippen LogP contribution >= 0.6 is 0 Å². The summed E-state index contributed by atoms with van der Waals surface area (Å²) in [4.78, 5) is 13.7. The Bertz CT molecular complexity index is 442. The predicted octanol–water partition coefficient (Wildman–Crippen LogP) is 0.853. The molecule has 0 bridgehead atoms. The van der Waals surface area contributed by atoms with Gasteiger partial charge in [0.2, 0.25) is 0 Å². The second-order valence-corrected chi connectivity index (χ2v) is 4.48. The van der Waals surface area contributed by atoms with Gasteiger partial charge in [0.05, 0.1) is 24.0 Å². The fourth-order valence-corrected chi connectivity index (χ4v) is 2.16. The second-order valence-electron chi connectivity index (χ2n) is 4.48. The van der Waals surface area contributed by atoms with Crippen molar-refractivity contribution in [2.45, 2.75) is 12.5 Å². The van der Waals surface area contributed by atoms with Crippen molar-refractivity contribution in [1.29, 1.82) is 0 Å². The summed E-state index contributed by atoms with van der Waals surface area (Å²) in [7, 11) is 3.60. The van der Waals surface area contributed by atoms with Gasteiger partial charge < -0.3 is 20.7 Å². The average Bonchev–Trinajstić information content (AvgIpc) is 2.91. The summed E-state index contributed by atoms with van der Waals surface area (Å²) in [6, 6.07) is 5.65. The van der Waals surface area contributed by atoms with Gasteiger partial charge in [-0.1, -0.05) is 0 Å². The Hall–Kier alpha value is -1.75. The number of ether oxygens (including phenoxy) is 1. The molecule has 1 aliphatic heterocycles. The number of carbonyl (C=O) groups excluding carboxylic acids is 1. The molecule has 98 valence electrons. The van der Waals surface area contributed by atoms with E-state index in [2.05, 4.69) is 10.2 Å². The van der Waals surface area contributed by atoms with Crippen LogP contribution in [0.5, 0.6) is 0 Å². The smallest absolute Gasteiger partial charge is 0.251 e. The highest BCUT2D eigenvalue weighted by Gasteiger charge is 2.22. The van der Waals surface area contributed by atoms with Gasteiger partial charge in [0.1, 0.15) is 0 Å². The normalized spacial score (nSPS) is 18.7. The lowest BCUT2D eigenvalue weighted by Gasteiger charge is -2.27. The maximum Gasteiger partial charge on any atom is 0.251 e. The number of carbonyl (C=O) groups is 1. The quantitative estimate of drug-likeness (QED) is 0.779. The largest absolute Gasteiger partial charge is 0.397 e. The minimum atomic E-state index is -0.104. The van der Waals surface area contributed by atoms with Gasteiger partial charge in [0.25, 0.3) is 5.91 Å². The van der Waals surface area contributed by atoms with Crippen molar-refractivity contribution in [3.05, 3.63) is 23.8 Å². The van der Waals surface area contributed by atoms with Gasteiger partial charge in [-0.05, 0) is 24.6 Å². The maximum absolute atomic E-state index is 11.6. The zero-order chi connectivity index (χ0) is 13.1. The highest BCUT2D eigenvalue weighted by molar-refractivity contribution is 5.96. The summed E-state index contributed by atoms with van der Waals surface area (Å²) in [5, 5.41) is 2.61. The number of anilines is 2. The first-order chi connectivity index (χ1) is 8.63. The number of nitrogens with one attached hydrogen (secondary N) is 1. The molecule has 0 aromatic heterocycles. The third-order valence-corrected chi connectivity index (χ3v) is 3.35. The first-order valence-electron chi connectivity index (χ1n) is 6.05. The fourth-order valence-electron chi connectivity index (χ4n) is 2.16. The third kappa shape index (κ3) is 2.41. The van der Waals surface area contributed by atoms with E-state index in [-0.39, 0.29) is 5.91 Å². The molecule has 5 nitrogen and oxygen atoms in total.